The highest BCUT2D eigenvalue weighted by Crippen LogP contribution is 2.41. The van der Waals surface area contributed by atoms with Crippen molar-refractivity contribution < 1.29 is 9.47 Å². The van der Waals surface area contributed by atoms with Crippen LogP contribution >= 0.6 is 0 Å². The monoisotopic (exact) mass is 348 g/mol. The van der Waals surface area contributed by atoms with Gasteiger partial charge in [-0.1, -0.05) is 18.2 Å². The molecular formula is C22H24N2O2. The highest BCUT2D eigenvalue weighted by molar-refractivity contribution is 5.85. The average Bonchev–Trinajstić information content (AvgIpc) is 2.95. The van der Waals surface area contributed by atoms with Gasteiger partial charge in [0.25, 0.3) is 0 Å². The molecular weight excluding hydrogens is 324 g/mol. The summed E-state index contributed by atoms with van der Waals surface area (Å²) in [6.07, 6.45) is 3.30. The molecule has 0 bridgehead atoms. The van der Waals surface area contributed by atoms with Crippen LogP contribution in [0, 0.1) is 0 Å². The van der Waals surface area contributed by atoms with Crippen molar-refractivity contribution in [2.24, 2.45) is 0 Å². The maximum absolute atomic E-state index is 5.53. The topological polar surface area (TPSA) is 37.5 Å². The van der Waals surface area contributed by atoms with Gasteiger partial charge >= 0.3 is 0 Å². The molecule has 0 saturated carbocycles. The van der Waals surface area contributed by atoms with Gasteiger partial charge in [-0.2, -0.15) is 0 Å². The van der Waals surface area contributed by atoms with Crippen molar-refractivity contribution in [1.82, 2.24) is 9.88 Å². The van der Waals surface area contributed by atoms with E-state index in [1.165, 1.54) is 33.3 Å². The van der Waals surface area contributed by atoms with Gasteiger partial charge in [-0.3, -0.25) is 4.90 Å². The molecule has 4 heteroatoms. The number of aromatic amines is 1. The molecule has 2 aliphatic rings. The van der Waals surface area contributed by atoms with Gasteiger partial charge < -0.3 is 14.5 Å². The van der Waals surface area contributed by atoms with Crippen LogP contribution in [0.4, 0.5) is 0 Å². The Morgan fingerprint density at radius 3 is 2.58 bits per heavy atom. The van der Waals surface area contributed by atoms with Gasteiger partial charge in [0.05, 0.1) is 20.3 Å². The molecule has 5 rings (SSSR count). The third-order valence-electron chi connectivity index (χ3n) is 6.04. The number of methoxy groups -OCH3 is 2. The molecule has 0 aliphatic carbocycles. The van der Waals surface area contributed by atoms with E-state index in [1.807, 2.05) is 0 Å². The third-order valence-corrected chi connectivity index (χ3v) is 6.04. The van der Waals surface area contributed by atoms with Crippen molar-refractivity contribution >= 4 is 10.9 Å². The average molecular weight is 348 g/mol. The predicted octanol–water partition coefficient (Wildman–Crippen LogP) is 4.23. The number of H-pyrrole nitrogens is 1. The van der Waals surface area contributed by atoms with Gasteiger partial charge in [-0.05, 0) is 54.2 Å². The summed E-state index contributed by atoms with van der Waals surface area (Å²) in [6, 6.07) is 13.5. The molecule has 0 unspecified atom stereocenters. The van der Waals surface area contributed by atoms with Gasteiger partial charge in [-0.15, -0.1) is 0 Å². The van der Waals surface area contributed by atoms with Crippen LogP contribution < -0.4 is 9.47 Å². The number of benzene rings is 2. The fourth-order valence-corrected chi connectivity index (χ4v) is 4.74. The fourth-order valence-electron chi connectivity index (χ4n) is 4.74. The van der Waals surface area contributed by atoms with Crippen LogP contribution in [0.3, 0.4) is 0 Å². The van der Waals surface area contributed by atoms with Crippen LogP contribution in [0.5, 0.6) is 11.5 Å². The number of rotatable bonds is 2. The number of aromatic nitrogens is 1. The summed E-state index contributed by atoms with van der Waals surface area (Å²) in [5.74, 6) is 1.66. The molecule has 4 nitrogen and oxygen atoms in total. The van der Waals surface area contributed by atoms with E-state index in [1.54, 1.807) is 14.2 Å². The Balaban J connectivity index is 1.55. The van der Waals surface area contributed by atoms with Crippen LogP contribution in [-0.4, -0.2) is 30.6 Å². The van der Waals surface area contributed by atoms with E-state index in [0.717, 1.165) is 43.9 Å². The number of hydrogen-bond donors (Lipinski definition) is 1. The number of aryl methyl sites for hydroxylation is 1. The second-order valence-corrected chi connectivity index (χ2v) is 7.31. The van der Waals surface area contributed by atoms with Gasteiger partial charge in [0, 0.05) is 29.7 Å². The van der Waals surface area contributed by atoms with Crippen LogP contribution in [0.15, 0.2) is 36.4 Å². The Morgan fingerprint density at radius 1 is 1.00 bits per heavy atom. The lowest BCUT2D eigenvalue weighted by Crippen LogP contribution is -2.34. The van der Waals surface area contributed by atoms with Crippen LogP contribution in [0.2, 0.25) is 0 Å². The largest absolute Gasteiger partial charge is 0.493 e. The fraction of sp³-hybridized carbons (Fsp3) is 0.364. The number of nitrogens with zero attached hydrogens (tertiary/aromatic N) is 1. The third kappa shape index (κ3) is 2.32. The normalized spacial score (nSPS) is 19.4. The Labute approximate surface area is 153 Å². The molecule has 3 aromatic rings. The van der Waals surface area contributed by atoms with Crippen LogP contribution in [0.25, 0.3) is 10.9 Å². The first kappa shape index (κ1) is 15.8. The van der Waals surface area contributed by atoms with E-state index >= 15 is 0 Å². The lowest BCUT2D eigenvalue weighted by Gasteiger charge is -2.34. The van der Waals surface area contributed by atoms with Gasteiger partial charge in [0.2, 0.25) is 0 Å². The molecule has 0 saturated heterocycles. The van der Waals surface area contributed by atoms with Crippen LogP contribution in [0.1, 0.15) is 34.8 Å². The zero-order chi connectivity index (χ0) is 17.7. The number of ether oxygens (including phenoxy) is 2. The van der Waals surface area contributed by atoms with Gasteiger partial charge in [0.1, 0.15) is 0 Å². The van der Waals surface area contributed by atoms with Crippen molar-refractivity contribution in [2.45, 2.75) is 31.8 Å². The molecule has 0 fully saturated rings. The first-order valence-electron chi connectivity index (χ1n) is 9.36. The second kappa shape index (κ2) is 6.06. The smallest absolute Gasteiger partial charge is 0.161 e. The molecule has 2 aliphatic heterocycles. The first-order valence-corrected chi connectivity index (χ1v) is 9.36. The molecule has 134 valence electrons. The molecule has 1 atom stereocenters. The zero-order valence-electron chi connectivity index (χ0n) is 15.3. The van der Waals surface area contributed by atoms with Gasteiger partial charge in [-0.25, -0.2) is 0 Å². The van der Waals surface area contributed by atoms with E-state index < -0.39 is 0 Å². The number of para-hydroxylation sites is 1. The van der Waals surface area contributed by atoms with Crippen molar-refractivity contribution in [3.05, 3.63) is 58.8 Å². The number of hydrogen-bond acceptors (Lipinski definition) is 3. The van der Waals surface area contributed by atoms with E-state index in [4.69, 9.17) is 9.47 Å². The van der Waals surface area contributed by atoms with Gasteiger partial charge in [0.15, 0.2) is 11.5 Å². The summed E-state index contributed by atoms with van der Waals surface area (Å²) in [4.78, 5) is 6.34. The molecule has 0 amide bonds. The van der Waals surface area contributed by atoms with Crippen LogP contribution in [-0.2, 0) is 19.4 Å². The lowest BCUT2D eigenvalue weighted by molar-refractivity contribution is 0.171. The number of nitrogens with one attached hydrogen (secondary N) is 1. The van der Waals surface area contributed by atoms with Crippen molar-refractivity contribution in [3.63, 3.8) is 0 Å². The number of fused-ring (bicyclic) bond motifs is 6. The summed E-state index contributed by atoms with van der Waals surface area (Å²) in [5.41, 5.74) is 6.95. The maximum atomic E-state index is 5.53. The van der Waals surface area contributed by atoms with E-state index in [9.17, 15) is 0 Å². The molecule has 2 aromatic carbocycles. The Hall–Kier alpha value is -2.46. The highest BCUT2D eigenvalue weighted by atomic mass is 16.5. The molecule has 0 spiro atoms. The first-order chi connectivity index (χ1) is 12.8. The Bertz CT molecular complexity index is 976. The Morgan fingerprint density at radius 2 is 1.77 bits per heavy atom. The predicted molar refractivity (Wildman–Crippen MR) is 103 cm³/mol. The molecule has 1 N–H and O–H groups in total. The van der Waals surface area contributed by atoms with E-state index in [0.29, 0.717) is 6.04 Å². The van der Waals surface area contributed by atoms with Crippen molar-refractivity contribution in [2.75, 3.05) is 20.8 Å². The minimum absolute atomic E-state index is 0.454. The lowest BCUT2D eigenvalue weighted by atomic mass is 9.94. The zero-order valence-corrected chi connectivity index (χ0v) is 15.3. The highest BCUT2D eigenvalue weighted by Gasteiger charge is 2.32. The minimum Gasteiger partial charge on any atom is -0.493 e. The molecule has 3 heterocycles. The summed E-state index contributed by atoms with van der Waals surface area (Å²) >= 11 is 0. The van der Waals surface area contributed by atoms with E-state index in [-0.39, 0.29) is 0 Å². The maximum Gasteiger partial charge on any atom is 0.161 e. The quantitative estimate of drug-likeness (QED) is 0.753. The summed E-state index contributed by atoms with van der Waals surface area (Å²) in [7, 11) is 3.42. The summed E-state index contributed by atoms with van der Waals surface area (Å²) < 4.78 is 11.0. The SMILES string of the molecule is COc1cc2c(cc1OC)CN1CCc3c([nH]c4ccccc34)[C@@H]1CC2. The standard InChI is InChI=1S/C22H24N2O2/c1-25-20-11-14-7-8-19-22-17(16-5-3-4-6-18(16)23-22)9-10-24(19)13-15(14)12-21(20)26-2/h3-6,11-12,19,23H,7-10,13H2,1-2H3/t19-/m0/s1. The van der Waals surface area contributed by atoms with E-state index in [2.05, 4.69) is 46.3 Å². The summed E-state index contributed by atoms with van der Waals surface area (Å²) in [5, 5.41) is 1.40. The van der Waals surface area contributed by atoms with Crippen molar-refractivity contribution in [1.29, 1.82) is 0 Å². The summed E-state index contributed by atoms with van der Waals surface area (Å²) in [6.45, 7) is 2.07. The Kier molecular flexibility index (Phi) is 3.68. The van der Waals surface area contributed by atoms with Crippen molar-refractivity contribution in [3.8, 4) is 11.5 Å². The molecule has 26 heavy (non-hydrogen) atoms. The molecule has 0 radical (unpaired) electrons. The molecule has 1 aromatic heterocycles. The minimum atomic E-state index is 0.454. The second-order valence-electron chi connectivity index (χ2n) is 7.31.